The molecule has 0 amide bonds. The number of aryl methyl sites for hydroxylation is 1. The van der Waals surface area contributed by atoms with Gasteiger partial charge in [0.05, 0.1) is 5.88 Å². The fourth-order valence-electron chi connectivity index (χ4n) is 2.52. The molecule has 6 nitrogen and oxygen atoms in total. The van der Waals surface area contributed by atoms with Crippen LogP contribution in [0.2, 0.25) is 0 Å². The third-order valence-corrected chi connectivity index (χ3v) is 6.05. The van der Waals surface area contributed by atoms with Crippen molar-refractivity contribution in [1.29, 1.82) is 0 Å². The van der Waals surface area contributed by atoms with Gasteiger partial charge in [-0.15, -0.1) is 11.6 Å². The van der Waals surface area contributed by atoms with Gasteiger partial charge in [0.25, 0.3) is 10.0 Å². The smallest absolute Gasteiger partial charge is 0.262 e. The molecule has 1 fully saturated rings. The summed E-state index contributed by atoms with van der Waals surface area (Å²) in [5.74, 6) is 0.144. The van der Waals surface area contributed by atoms with Crippen LogP contribution in [0.15, 0.2) is 5.03 Å². The van der Waals surface area contributed by atoms with Gasteiger partial charge in [0.2, 0.25) is 0 Å². The molecule has 0 atom stereocenters. The van der Waals surface area contributed by atoms with Crippen molar-refractivity contribution in [2.45, 2.75) is 36.7 Å². The Labute approximate surface area is 125 Å². The number of aromatic amines is 1. The maximum absolute atomic E-state index is 12.6. The Morgan fingerprint density at radius 1 is 1.40 bits per heavy atom. The van der Waals surface area contributed by atoms with Crippen molar-refractivity contribution in [2.24, 2.45) is 0 Å². The average molecular weight is 321 g/mol. The summed E-state index contributed by atoms with van der Waals surface area (Å²) in [5, 5.41) is 6.73. The number of hydrogen-bond donors (Lipinski definition) is 1. The number of piperidine rings is 1. The van der Waals surface area contributed by atoms with E-state index in [9.17, 15) is 8.42 Å². The highest BCUT2D eigenvalue weighted by Gasteiger charge is 2.33. The molecule has 1 aliphatic heterocycles. The first kappa shape index (κ1) is 15.8. The van der Waals surface area contributed by atoms with Crippen molar-refractivity contribution in [3.8, 4) is 0 Å². The Bertz CT molecular complexity index is 562. The van der Waals surface area contributed by atoms with E-state index in [4.69, 9.17) is 11.6 Å². The predicted octanol–water partition coefficient (Wildman–Crippen LogP) is 1.17. The maximum atomic E-state index is 12.6. The quantitative estimate of drug-likeness (QED) is 0.846. The number of H-pyrrole nitrogens is 1. The molecule has 2 heterocycles. The molecular formula is C12H21ClN4O2S. The summed E-state index contributed by atoms with van der Waals surface area (Å²) in [5.41, 5.74) is 1.28. The molecule has 0 saturated carbocycles. The zero-order valence-electron chi connectivity index (χ0n) is 12.1. The van der Waals surface area contributed by atoms with Crippen LogP contribution in [-0.2, 0) is 15.9 Å². The van der Waals surface area contributed by atoms with Gasteiger partial charge in [-0.25, -0.2) is 8.42 Å². The van der Waals surface area contributed by atoms with Gasteiger partial charge in [0.15, 0.2) is 5.03 Å². The van der Waals surface area contributed by atoms with Crippen molar-refractivity contribution < 1.29 is 8.42 Å². The van der Waals surface area contributed by atoms with E-state index in [0.717, 1.165) is 12.8 Å². The van der Waals surface area contributed by atoms with Gasteiger partial charge >= 0.3 is 0 Å². The summed E-state index contributed by atoms with van der Waals surface area (Å²) in [6, 6.07) is 0.440. The summed E-state index contributed by atoms with van der Waals surface area (Å²) in [4.78, 5) is 2.15. The van der Waals surface area contributed by atoms with Crippen LogP contribution in [0.3, 0.4) is 0 Å². The molecule has 0 spiro atoms. The standard InChI is InChI=1S/C12H21ClN4O2S/c1-9-11(8-13)12(15-14-9)20(18,19)17-6-4-10(5-7-17)16(2)3/h10H,4-8H2,1-3H3,(H,14,15). The first-order valence-corrected chi connectivity index (χ1v) is 8.61. The molecule has 0 aliphatic carbocycles. The minimum atomic E-state index is -3.55. The van der Waals surface area contributed by atoms with Gasteiger partial charge in [-0.2, -0.15) is 9.40 Å². The van der Waals surface area contributed by atoms with Gasteiger partial charge in [0, 0.05) is 30.4 Å². The molecule has 0 bridgehead atoms. The number of alkyl halides is 1. The first-order valence-electron chi connectivity index (χ1n) is 6.64. The van der Waals surface area contributed by atoms with Crippen LogP contribution < -0.4 is 0 Å². The molecule has 0 radical (unpaired) electrons. The van der Waals surface area contributed by atoms with E-state index in [1.165, 1.54) is 4.31 Å². The van der Waals surface area contributed by atoms with Crippen LogP contribution in [0.1, 0.15) is 24.1 Å². The Hall–Kier alpha value is -0.630. The maximum Gasteiger partial charge on any atom is 0.262 e. The first-order chi connectivity index (χ1) is 9.37. The number of sulfonamides is 1. The van der Waals surface area contributed by atoms with Crippen molar-refractivity contribution in [3.05, 3.63) is 11.3 Å². The zero-order chi connectivity index (χ0) is 14.9. The van der Waals surface area contributed by atoms with Gasteiger partial charge in [-0.3, -0.25) is 5.10 Å². The lowest BCUT2D eigenvalue weighted by Crippen LogP contribution is -2.44. The lowest BCUT2D eigenvalue weighted by Gasteiger charge is -2.34. The Balaban J connectivity index is 2.20. The monoisotopic (exact) mass is 320 g/mol. The molecule has 1 saturated heterocycles. The second-order valence-corrected chi connectivity index (χ2v) is 7.49. The number of nitrogens with zero attached hydrogens (tertiary/aromatic N) is 3. The van der Waals surface area contributed by atoms with E-state index >= 15 is 0 Å². The summed E-state index contributed by atoms with van der Waals surface area (Å²) < 4.78 is 26.8. The number of aromatic nitrogens is 2. The number of hydrogen-bond acceptors (Lipinski definition) is 4. The Morgan fingerprint density at radius 3 is 2.50 bits per heavy atom. The summed E-state index contributed by atoms with van der Waals surface area (Å²) in [6.45, 7) is 2.83. The molecular weight excluding hydrogens is 300 g/mol. The largest absolute Gasteiger partial charge is 0.306 e. The second kappa shape index (κ2) is 6.01. The number of nitrogens with one attached hydrogen (secondary N) is 1. The molecule has 1 N–H and O–H groups in total. The van der Waals surface area contributed by atoms with E-state index in [-0.39, 0.29) is 10.9 Å². The van der Waals surface area contributed by atoms with Crippen LogP contribution in [-0.4, -0.2) is 61.0 Å². The summed E-state index contributed by atoms with van der Waals surface area (Å²) >= 11 is 5.84. The Morgan fingerprint density at radius 2 is 2.00 bits per heavy atom. The van der Waals surface area contributed by atoms with Crippen LogP contribution in [0, 0.1) is 6.92 Å². The second-order valence-electron chi connectivity index (χ2n) is 5.36. The summed E-state index contributed by atoms with van der Waals surface area (Å²) in [6.07, 6.45) is 1.68. The molecule has 0 aromatic carbocycles. The Kier molecular flexibility index (Phi) is 4.73. The van der Waals surface area contributed by atoms with Crippen LogP contribution >= 0.6 is 11.6 Å². The van der Waals surface area contributed by atoms with E-state index in [1.54, 1.807) is 6.92 Å². The average Bonchev–Trinajstić information content (AvgIpc) is 2.80. The zero-order valence-corrected chi connectivity index (χ0v) is 13.6. The molecule has 2 rings (SSSR count). The van der Waals surface area contributed by atoms with Gasteiger partial charge in [-0.05, 0) is 33.9 Å². The lowest BCUT2D eigenvalue weighted by atomic mass is 10.1. The van der Waals surface area contributed by atoms with Crippen molar-refractivity contribution >= 4 is 21.6 Å². The van der Waals surface area contributed by atoms with Gasteiger partial charge in [0.1, 0.15) is 0 Å². The fraction of sp³-hybridized carbons (Fsp3) is 0.750. The van der Waals surface area contributed by atoms with Crippen molar-refractivity contribution in [3.63, 3.8) is 0 Å². The minimum absolute atomic E-state index is 0.0771. The number of halogens is 1. The van der Waals surface area contributed by atoms with Gasteiger partial charge in [-0.1, -0.05) is 0 Å². The predicted molar refractivity (Wildman–Crippen MR) is 78.3 cm³/mol. The summed E-state index contributed by atoms with van der Waals surface area (Å²) in [7, 11) is 0.506. The van der Waals surface area contributed by atoms with Gasteiger partial charge < -0.3 is 4.90 Å². The third kappa shape index (κ3) is 2.86. The molecule has 1 aromatic heterocycles. The SMILES string of the molecule is Cc1[nH]nc(S(=O)(=O)N2CCC(N(C)C)CC2)c1CCl. The lowest BCUT2D eigenvalue weighted by molar-refractivity contribution is 0.196. The highest BCUT2D eigenvalue weighted by Crippen LogP contribution is 2.25. The minimum Gasteiger partial charge on any atom is -0.306 e. The molecule has 8 heteroatoms. The molecule has 20 heavy (non-hydrogen) atoms. The third-order valence-electron chi connectivity index (χ3n) is 3.91. The normalized spacial score (nSPS) is 18.9. The highest BCUT2D eigenvalue weighted by atomic mass is 35.5. The van der Waals surface area contributed by atoms with E-state index in [1.807, 2.05) is 14.1 Å². The molecule has 114 valence electrons. The fourth-order valence-corrected chi connectivity index (χ4v) is 4.56. The van der Waals surface area contributed by atoms with E-state index in [2.05, 4.69) is 15.1 Å². The van der Waals surface area contributed by atoms with Crippen LogP contribution in [0.4, 0.5) is 0 Å². The van der Waals surface area contributed by atoms with E-state index < -0.39 is 10.0 Å². The van der Waals surface area contributed by atoms with E-state index in [0.29, 0.717) is 30.4 Å². The topological polar surface area (TPSA) is 69.3 Å². The molecule has 0 unspecified atom stereocenters. The van der Waals surface area contributed by atoms with Crippen LogP contribution in [0.5, 0.6) is 0 Å². The molecule has 1 aliphatic rings. The van der Waals surface area contributed by atoms with Crippen molar-refractivity contribution in [2.75, 3.05) is 27.2 Å². The van der Waals surface area contributed by atoms with Crippen LogP contribution in [0.25, 0.3) is 0 Å². The highest BCUT2D eigenvalue weighted by molar-refractivity contribution is 7.89. The van der Waals surface area contributed by atoms with Crippen molar-refractivity contribution in [1.82, 2.24) is 19.4 Å². The molecule has 1 aromatic rings. The number of rotatable bonds is 4.